The molecule has 2 rings (SSSR count). The molecule has 0 aromatic carbocycles. The molecule has 0 aromatic heterocycles. The van der Waals surface area contributed by atoms with Gasteiger partial charge in [0.05, 0.1) is 17.5 Å². The Morgan fingerprint density at radius 2 is 2.42 bits per heavy atom. The number of rotatable bonds is 1. The minimum absolute atomic E-state index is 0.171. The zero-order valence-corrected chi connectivity index (χ0v) is 6.01. The Labute approximate surface area is 67.9 Å². The van der Waals surface area contributed by atoms with Crippen LogP contribution in [0.3, 0.4) is 0 Å². The van der Waals surface area contributed by atoms with E-state index in [0.29, 0.717) is 5.71 Å². The van der Waals surface area contributed by atoms with E-state index in [4.69, 9.17) is 5.11 Å². The first-order chi connectivity index (χ1) is 5.79. The van der Waals surface area contributed by atoms with Gasteiger partial charge in [-0.15, -0.1) is 0 Å². The minimum Gasteiger partial charge on any atom is -0.478 e. The Morgan fingerprint density at radius 1 is 1.58 bits per heavy atom. The molecule has 0 amide bonds. The second-order valence-electron chi connectivity index (χ2n) is 2.39. The van der Waals surface area contributed by atoms with Crippen LogP contribution in [0.15, 0.2) is 26.8 Å². The van der Waals surface area contributed by atoms with Crippen LogP contribution in [0.2, 0.25) is 0 Å². The summed E-state index contributed by atoms with van der Waals surface area (Å²) in [4.78, 5) is 22.1. The molecule has 0 unspecified atom stereocenters. The third-order valence-electron chi connectivity index (χ3n) is 1.66. The quantitative estimate of drug-likeness (QED) is 0.585. The Balaban J connectivity index is 2.41. The lowest BCUT2D eigenvalue weighted by Gasteiger charge is -2.10. The van der Waals surface area contributed by atoms with Crippen LogP contribution in [-0.2, 0) is 4.79 Å². The van der Waals surface area contributed by atoms with Crippen molar-refractivity contribution < 1.29 is 9.90 Å². The summed E-state index contributed by atoms with van der Waals surface area (Å²) in [5, 5.41) is 8.71. The Morgan fingerprint density at radius 3 is 3.17 bits per heavy atom. The number of nitrogens with zero attached hydrogens (tertiary/aromatic N) is 3. The highest BCUT2D eigenvalue weighted by Gasteiger charge is 2.28. The van der Waals surface area contributed by atoms with E-state index in [0.717, 1.165) is 0 Å². The molecule has 0 radical (unpaired) electrons. The third-order valence-corrected chi connectivity index (χ3v) is 1.66. The predicted molar refractivity (Wildman–Crippen MR) is 43.9 cm³/mol. The van der Waals surface area contributed by atoms with Gasteiger partial charge in [-0.05, 0) is 0 Å². The fraction of sp³-hybridized carbons (Fsp3) is 0.143. The van der Waals surface area contributed by atoms with Gasteiger partial charge >= 0.3 is 5.97 Å². The molecule has 5 nitrogen and oxygen atoms in total. The lowest BCUT2D eigenvalue weighted by Crippen LogP contribution is -2.26. The molecule has 0 spiro atoms. The lowest BCUT2D eigenvalue weighted by molar-refractivity contribution is -0.132. The lowest BCUT2D eigenvalue weighted by atomic mass is 10.0. The summed E-state index contributed by atoms with van der Waals surface area (Å²) in [6.07, 6.45) is 4.17. The number of aliphatic imine (C=N–C) groups is 3. The number of aliphatic carboxylic acids is 1. The molecule has 0 bridgehead atoms. The molecule has 5 heteroatoms. The maximum atomic E-state index is 10.6. The molecule has 2 aliphatic rings. The monoisotopic (exact) mass is 163 g/mol. The molecule has 12 heavy (non-hydrogen) atoms. The van der Waals surface area contributed by atoms with Crippen molar-refractivity contribution in [3.63, 3.8) is 0 Å². The van der Waals surface area contributed by atoms with Crippen molar-refractivity contribution in [3.8, 4) is 0 Å². The highest BCUT2D eigenvalue weighted by Crippen LogP contribution is 2.15. The van der Waals surface area contributed by atoms with Crippen molar-refractivity contribution in [2.75, 3.05) is 0 Å². The van der Waals surface area contributed by atoms with Crippen molar-refractivity contribution in [3.05, 3.63) is 11.8 Å². The summed E-state index contributed by atoms with van der Waals surface area (Å²) in [7, 11) is 0. The molecule has 2 heterocycles. The van der Waals surface area contributed by atoms with E-state index in [9.17, 15) is 4.79 Å². The molecule has 0 aromatic rings. The van der Waals surface area contributed by atoms with Crippen LogP contribution in [0.4, 0.5) is 0 Å². The maximum absolute atomic E-state index is 10.6. The molecule has 0 aliphatic carbocycles. The summed E-state index contributed by atoms with van der Waals surface area (Å²) in [5.74, 6) is -0.997. The van der Waals surface area contributed by atoms with Gasteiger partial charge in [-0.1, -0.05) is 0 Å². The molecule has 0 saturated carbocycles. The van der Waals surface area contributed by atoms with Crippen molar-refractivity contribution in [1.29, 1.82) is 0 Å². The number of hydrogen-bond donors (Lipinski definition) is 1. The summed E-state index contributed by atoms with van der Waals surface area (Å²) < 4.78 is 0. The summed E-state index contributed by atoms with van der Waals surface area (Å²) in [6, 6.07) is -0.444. The molecular formula is C7H5N3O2. The van der Waals surface area contributed by atoms with Gasteiger partial charge < -0.3 is 5.11 Å². The predicted octanol–water partition coefficient (Wildman–Crippen LogP) is -0.109. The number of fused-ring (bicyclic) bond motifs is 1. The van der Waals surface area contributed by atoms with E-state index in [1.165, 1.54) is 18.8 Å². The van der Waals surface area contributed by atoms with Crippen LogP contribution in [-0.4, -0.2) is 35.4 Å². The highest BCUT2D eigenvalue weighted by atomic mass is 16.4. The Kier molecular flexibility index (Phi) is 1.36. The number of hydrogen-bond acceptors (Lipinski definition) is 4. The average Bonchev–Trinajstić information content (AvgIpc) is 2.49. The van der Waals surface area contributed by atoms with Crippen LogP contribution in [0.1, 0.15) is 0 Å². The average molecular weight is 163 g/mol. The Hall–Kier alpha value is -1.78. The van der Waals surface area contributed by atoms with Crippen LogP contribution < -0.4 is 0 Å². The first-order valence-corrected chi connectivity index (χ1v) is 3.35. The molecule has 1 atom stereocenters. The number of carbonyl (C=O) groups is 1. The van der Waals surface area contributed by atoms with Gasteiger partial charge in [0.15, 0.2) is 0 Å². The summed E-state index contributed by atoms with van der Waals surface area (Å²) in [5.41, 5.74) is 0.764. The number of carboxylic acids is 1. The molecule has 0 saturated heterocycles. The largest absolute Gasteiger partial charge is 0.478 e. The minimum atomic E-state index is -0.997. The van der Waals surface area contributed by atoms with Crippen LogP contribution in [0.25, 0.3) is 0 Å². The topological polar surface area (TPSA) is 74.4 Å². The number of carboxylic acid groups (broad SMARTS) is 1. The molecule has 1 N–H and O–H groups in total. The normalized spacial score (nSPS) is 24.8. The smallest absolute Gasteiger partial charge is 0.335 e. The van der Waals surface area contributed by atoms with Gasteiger partial charge in [0.2, 0.25) is 0 Å². The maximum Gasteiger partial charge on any atom is 0.335 e. The van der Waals surface area contributed by atoms with E-state index >= 15 is 0 Å². The van der Waals surface area contributed by atoms with Gasteiger partial charge in [-0.2, -0.15) is 0 Å². The zero-order chi connectivity index (χ0) is 8.55. The van der Waals surface area contributed by atoms with E-state index in [1.54, 1.807) is 0 Å². The fourth-order valence-corrected chi connectivity index (χ4v) is 1.09. The third kappa shape index (κ3) is 0.868. The van der Waals surface area contributed by atoms with Crippen molar-refractivity contribution in [1.82, 2.24) is 0 Å². The first kappa shape index (κ1) is 6.90. The van der Waals surface area contributed by atoms with Crippen molar-refractivity contribution >= 4 is 24.2 Å². The van der Waals surface area contributed by atoms with Crippen LogP contribution in [0.5, 0.6) is 0 Å². The second-order valence-corrected chi connectivity index (χ2v) is 2.39. The van der Waals surface area contributed by atoms with E-state index in [2.05, 4.69) is 15.0 Å². The van der Waals surface area contributed by atoms with Crippen molar-refractivity contribution in [2.45, 2.75) is 6.04 Å². The van der Waals surface area contributed by atoms with E-state index in [1.807, 2.05) is 0 Å². The van der Waals surface area contributed by atoms with Crippen LogP contribution in [0, 0.1) is 0 Å². The van der Waals surface area contributed by atoms with E-state index in [-0.39, 0.29) is 5.57 Å². The Bertz CT molecular complexity index is 352. The highest BCUT2D eigenvalue weighted by molar-refractivity contribution is 6.38. The zero-order valence-electron chi connectivity index (χ0n) is 6.01. The standard InChI is InChI=1S/C7H5N3O2/c11-7(12)4-1-8-2-5-6(4)10-3-9-5/h1-3,6H,(H,11,12)/t6-/m0/s1. The fourth-order valence-electron chi connectivity index (χ4n) is 1.09. The summed E-state index contributed by atoms with van der Waals surface area (Å²) >= 11 is 0. The molecule has 60 valence electrons. The first-order valence-electron chi connectivity index (χ1n) is 3.35. The van der Waals surface area contributed by atoms with Gasteiger partial charge in [0.25, 0.3) is 0 Å². The SMILES string of the molecule is O=C(O)C1=CN=CC2=NC=N[C@@H]12. The molecule has 0 fully saturated rings. The van der Waals surface area contributed by atoms with Gasteiger partial charge in [-0.3, -0.25) is 9.98 Å². The van der Waals surface area contributed by atoms with Gasteiger partial charge in [-0.25, -0.2) is 9.79 Å². The van der Waals surface area contributed by atoms with Crippen LogP contribution >= 0.6 is 0 Å². The molecule has 2 aliphatic heterocycles. The van der Waals surface area contributed by atoms with E-state index < -0.39 is 12.0 Å². The molecular weight excluding hydrogens is 158 g/mol. The van der Waals surface area contributed by atoms with Gasteiger partial charge in [0.1, 0.15) is 12.4 Å². The van der Waals surface area contributed by atoms with Crippen molar-refractivity contribution in [2.24, 2.45) is 15.0 Å². The van der Waals surface area contributed by atoms with Gasteiger partial charge in [0, 0.05) is 6.20 Å². The summed E-state index contributed by atoms with van der Waals surface area (Å²) in [6.45, 7) is 0. The second kappa shape index (κ2) is 2.37.